The first-order valence-electron chi connectivity index (χ1n) is 9.70. The molecule has 0 aliphatic carbocycles. The van der Waals surface area contributed by atoms with Crippen molar-refractivity contribution in [2.45, 2.75) is 43.5 Å². The second-order valence-corrected chi connectivity index (χ2v) is 9.00. The Morgan fingerprint density at radius 2 is 1.73 bits per heavy atom. The van der Waals surface area contributed by atoms with Crippen molar-refractivity contribution in [1.29, 1.82) is 0 Å². The molecule has 2 aromatic heterocycles. The zero-order chi connectivity index (χ0) is 21.1. The molecular formula is C22H24N6OS. The molecule has 2 heterocycles. The third-order valence-corrected chi connectivity index (χ3v) is 5.64. The van der Waals surface area contributed by atoms with Gasteiger partial charge in [0.05, 0.1) is 5.75 Å². The van der Waals surface area contributed by atoms with Crippen molar-refractivity contribution < 1.29 is 4.52 Å². The topological polar surface area (TPSA) is 95.6 Å². The highest BCUT2D eigenvalue weighted by Gasteiger charge is 2.17. The molecule has 0 aliphatic rings. The van der Waals surface area contributed by atoms with E-state index in [1.54, 1.807) is 0 Å². The van der Waals surface area contributed by atoms with Crippen LogP contribution in [0.4, 0.5) is 0 Å². The standard InChI is InChI=1S/C22H24N6OS/c1-22(2,3)17-11-9-16(10-12-17)20-25-26-21(28(20)23)30-14-19-24-18(27-29-19)13-15-7-5-4-6-8-15/h4-12H,13-14,23H2,1-3H3. The van der Waals surface area contributed by atoms with Crippen LogP contribution in [0.5, 0.6) is 0 Å². The highest BCUT2D eigenvalue weighted by molar-refractivity contribution is 7.98. The lowest BCUT2D eigenvalue weighted by Crippen LogP contribution is -2.12. The summed E-state index contributed by atoms with van der Waals surface area (Å²) in [6, 6.07) is 18.3. The minimum absolute atomic E-state index is 0.0966. The number of aromatic nitrogens is 5. The number of nitrogens with two attached hydrogens (primary N) is 1. The Morgan fingerprint density at radius 1 is 1.00 bits per heavy atom. The van der Waals surface area contributed by atoms with Crippen LogP contribution in [-0.4, -0.2) is 25.0 Å². The van der Waals surface area contributed by atoms with Gasteiger partial charge in [0, 0.05) is 12.0 Å². The van der Waals surface area contributed by atoms with E-state index in [4.69, 9.17) is 10.4 Å². The number of rotatable bonds is 6. The summed E-state index contributed by atoms with van der Waals surface area (Å²) in [5, 5.41) is 13.1. The Hall–Kier alpha value is -3.13. The first-order valence-corrected chi connectivity index (χ1v) is 10.7. The molecule has 2 aromatic carbocycles. The van der Waals surface area contributed by atoms with E-state index in [-0.39, 0.29) is 5.41 Å². The molecule has 0 fully saturated rings. The van der Waals surface area contributed by atoms with E-state index in [9.17, 15) is 0 Å². The molecule has 154 valence electrons. The predicted octanol–water partition coefficient (Wildman–Crippen LogP) is 4.22. The predicted molar refractivity (Wildman–Crippen MR) is 117 cm³/mol. The van der Waals surface area contributed by atoms with Crippen molar-refractivity contribution in [2.75, 3.05) is 5.84 Å². The first kappa shape index (κ1) is 20.2. The molecule has 0 radical (unpaired) electrons. The van der Waals surface area contributed by atoms with E-state index in [2.05, 4.69) is 53.2 Å². The van der Waals surface area contributed by atoms with Crippen molar-refractivity contribution in [3.05, 3.63) is 77.4 Å². The quantitative estimate of drug-likeness (QED) is 0.368. The number of nitrogen functional groups attached to an aromatic ring is 1. The van der Waals surface area contributed by atoms with E-state index in [0.717, 1.165) is 11.1 Å². The van der Waals surface area contributed by atoms with Crippen molar-refractivity contribution in [3.63, 3.8) is 0 Å². The monoisotopic (exact) mass is 420 g/mol. The summed E-state index contributed by atoms with van der Waals surface area (Å²) in [6.45, 7) is 6.56. The maximum Gasteiger partial charge on any atom is 0.237 e. The van der Waals surface area contributed by atoms with Gasteiger partial charge in [0.1, 0.15) is 0 Å². The van der Waals surface area contributed by atoms with Gasteiger partial charge in [-0.25, -0.2) is 4.68 Å². The van der Waals surface area contributed by atoms with E-state index < -0.39 is 0 Å². The molecule has 0 spiro atoms. The van der Waals surface area contributed by atoms with Gasteiger partial charge < -0.3 is 10.4 Å². The van der Waals surface area contributed by atoms with E-state index >= 15 is 0 Å². The summed E-state index contributed by atoms with van der Waals surface area (Å²) in [4.78, 5) is 4.45. The van der Waals surface area contributed by atoms with Gasteiger partial charge in [-0.3, -0.25) is 0 Å². The van der Waals surface area contributed by atoms with Crippen molar-refractivity contribution in [1.82, 2.24) is 25.0 Å². The van der Waals surface area contributed by atoms with E-state index in [1.807, 2.05) is 42.5 Å². The molecule has 4 aromatic rings. The van der Waals surface area contributed by atoms with Crippen LogP contribution in [0.3, 0.4) is 0 Å². The first-order chi connectivity index (χ1) is 14.4. The fourth-order valence-electron chi connectivity index (χ4n) is 3.02. The number of benzene rings is 2. The molecule has 8 heteroatoms. The third-order valence-electron chi connectivity index (χ3n) is 4.71. The Balaban J connectivity index is 1.41. The zero-order valence-corrected chi connectivity index (χ0v) is 18.1. The molecule has 0 bridgehead atoms. The lowest BCUT2D eigenvalue weighted by atomic mass is 9.87. The SMILES string of the molecule is CC(C)(C)c1ccc(-c2nnc(SCc3nc(Cc4ccccc4)no3)n2N)cc1. The summed E-state index contributed by atoms with van der Waals surface area (Å²) >= 11 is 1.41. The van der Waals surface area contributed by atoms with Crippen LogP contribution in [0.25, 0.3) is 11.4 Å². The maximum absolute atomic E-state index is 6.23. The lowest BCUT2D eigenvalue weighted by molar-refractivity contribution is 0.385. The summed E-state index contributed by atoms with van der Waals surface area (Å²) in [7, 11) is 0. The molecule has 0 aliphatic heterocycles. The Bertz CT molecular complexity index is 1110. The highest BCUT2D eigenvalue weighted by atomic mass is 32.2. The van der Waals surface area contributed by atoms with E-state index in [1.165, 1.54) is 22.0 Å². The molecule has 0 saturated carbocycles. The van der Waals surface area contributed by atoms with Crippen LogP contribution in [-0.2, 0) is 17.6 Å². The van der Waals surface area contributed by atoms with Gasteiger partial charge >= 0.3 is 0 Å². The second kappa shape index (κ2) is 8.31. The van der Waals surface area contributed by atoms with Gasteiger partial charge in [-0.1, -0.05) is 92.3 Å². The Labute approximate surface area is 179 Å². The number of hydrogen-bond acceptors (Lipinski definition) is 7. The van der Waals surface area contributed by atoms with Crippen LogP contribution >= 0.6 is 11.8 Å². The summed E-state index contributed by atoms with van der Waals surface area (Å²) in [5.41, 5.74) is 3.42. The summed E-state index contributed by atoms with van der Waals surface area (Å²) in [5.74, 6) is 8.52. The number of hydrogen-bond donors (Lipinski definition) is 1. The smallest absolute Gasteiger partial charge is 0.237 e. The van der Waals surface area contributed by atoms with Crippen LogP contribution in [0, 0.1) is 0 Å². The molecule has 7 nitrogen and oxygen atoms in total. The Morgan fingerprint density at radius 3 is 2.43 bits per heavy atom. The van der Waals surface area contributed by atoms with Gasteiger partial charge in [0.2, 0.25) is 11.0 Å². The molecule has 2 N–H and O–H groups in total. The molecule has 0 saturated heterocycles. The molecule has 0 amide bonds. The minimum Gasteiger partial charge on any atom is -0.338 e. The van der Waals surface area contributed by atoms with Gasteiger partial charge in [0.25, 0.3) is 0 Å². The minimum atomic E-state index is 0.0966. The van der Waals surface area contributed by atoms with E-state index in [0.29, 0.717) is 34.9 Å². The fraction of sp³-hybridized carbons (Fsp3) is 0.273. The van der Waals surface area contributed by atoms with Gasteiger partial charge in [-0.05, 0) is 16.5 Å². The summed E-state index contributed by atoms with van der Waals surface area (Å²) in [6.07, 6.45) is 0.636. The molecule has 0 atom stereocenters. The highest BCUT2D eigenvalue weighted by Crippen LogP contribution is 2.27. The molecular weight excluding hydrogens is 396 g/mol. The van der Waals surface area contributed by atoms with Gasteiger partial charge in [-0.15, -0.1) is 10.2 Å². The van der Waals surface area contributed by atoms with Crippen LogP contribution in [0.15, 0.2) is 64.3 Å². The lowest BCUT2D eigenvalue weighted by Gasteiger charge is -2.19. The van der Waals surface area contributed by atoms with Crippen molar-refractivity contribution in [3.8, 4) is 11.4 Å². The molecule has 30 heavy (non-hydrogen) atoms. The third kappa shape index (κ3) is 4.54. The van der Waals surface area contributed by atoms with Crippen LogP contribution < -0.4 is 5.84 Å². The molecule has 0 unspecified atom stereocenters. The number of nitrogens with zero attached hydrogens (tertiary/aromatic N) is 5. The van der Waals surface area contributed by atoms with Gasteiger partial charge in [-0.2, -0.15) is 4.98 Å². The van der Waals surface area contributed by atoms with Crippen molar-refractivity contribution >= 4 is 11.8 Å². The maximum atomic E-state index is 6.23. The van der Waals surface area contributed by atoms with Gasteiger partial charge in [0.15, 0.2) is 11.6 Å². The van der Waals surface area contributed by atoms with Crippen LogP contribution in [0.1, 0.15) is 43.6 Å². The number of thioether (sulfide) groups is 1. The fourth-order valence-corrected chi connectivity index (χ4v) is 3.71. The van der Waals surface area contributed by atoms with Crippen molar-refractivity contribution in [2.24, 2.45) is 0 Å². The largest absolute Gasteiger partial charge is 0.338 e. The van der Waals surface area contributed by atoms with Crippen LogP contribution in [0.2, 0.25) is 0 Å². The summed E-state index contributed by atoms with van der Waals surface area (Å²) < 4.78 is 6.85. The average Bonchev–Trinajstić information content (AvgIpc) is 3.33. The zero-order valence-electron chi connectivity index (χ0n) is 17.2. The second-order valence-electron chi connectivity index (χ2n) is 8.06. The average molecular weight is 421 g/mol. The normalized spacial score (nSPS) is 11.7. The Kier molecular flexibility index (Phi) is 5.59. The molecule has 4 rings (SSSR count).